The number of carbonyl (C=O) groups excluding carboxylic acids is 1. The van der Waals surface area contributed by atoms with Gasteiger partial charge in [0.1, 0.15) is 23.2 Å². The Morgan fingerprint density at radius 3 is 2.76 bits per heavy atom. The molecule has 2 N–H and O–H groups in total. The number of rotatable bonds is 3. The van der Waals surface area contributed by atoms with E-state index in [1.807, 2.05) is 6.07 Å². The molecule has 1 aliphatic heterocycles. The van der Waals surface area contributed by atoms with Crippen molar-refractivity contribution in [1.29, 1.82) is 5.26 Å². The predicted molar refractivity (Wildman–Crippen MR) is 93.9 cm³/mol. The summed E-state index contributed by atoms with van der Waals surface area (Å²) < 4.78 is 0. The zero-order chi connectivity index (χ0) is 18.0. The quantitative estimate of drug-likeness (QED) is 0.871. The lowest BCUT2D eigenvalue weighted by atomic mass is 9.95. The molecule has 3 atom stereocenters. The molecule has 130 valence electrons. The van der Waals surface area contributed by atoms with E-state index in [0.717, 1.165) is 18.7 Å². The molecule has 2 heterocycles. The second kappa shape index (κ2) is 7.03. The van der Waals surface area contributed by atoms with Crippen LogP contribution in [0, 0.1) is 17.2 Å². The highest BCUT2D eigenvalue weighted by Gasteiger charge is 2.28. The zero-order valence-electron chi connectivity index (χ0n) is 14.3. The lowest BCUT2D eigenvalue weighted by molar-refractivity contribution is -0.129. The van der Waals surface area contributed by atoms with E-state index in [2.05, 4.69) is 33.2 Å². The molecule has 2 unspecified atom stereocenters. The van der Waals surface area contributed by atoms with Crippen LogP contribution in [0.4, 0.5) is 5.69 Å². The number of aliphatic hydroxyl groups is 1. The SMILES string of the molecule is CC(O)C(=O)NC1C[C@H](C)CN(c2ccc(C#N)c3nccnc23)C1. The van der Waals surface area contributed by atoms with Gasteiger partial charge in [-0.15, -0.1) is 0 Å². The first-order chi connectivity index (χ1) is 12.0. The Morgan fingerprint density at radius 1 is 1.36 bits per heavy atom. The van der Waals surface area contributed by atoms with Crippen molar-refractivity contribution >= 4 is 22.6 Å². The van der Waals surface area contributed by atoms with Gasteiger partial charge >= 0.3 is 0 Å². The molecule has 0 aliphatic carbocycles. The van der Waals surface area contributed by atoms with Gasteiger partial charge < -0.3 is 15.3 Å². The average molecular weight is 339 g/mol. The van der Waals surface area contributed by atoms with Crippen LogP contribution in [0.25, 0.3) is 11.0 Å². The number of piperidine rings is 1. The maximum absolute atomic E-state index is 11.8. The summed E-state index contributed by atoms with van der Waals surface area (Å²) in [6.07, 6.45) is 3.03. The lowest BCUT2D eigenvalue weighted by Gasteiger charge is -2.38. The van der Waals surface area contributed by atoms with E-state index >= 15 is 0 Å². The van der Waals surface area contributed by atoms with Gasteiger partial charge in [0.25, 0.3) is 0 Å². The van der Waals surface area contributed by atoms with Crippen LogP contribution in [0.3, 0.4) is 0 Å². The molecule has 1 aromatic heterocycles. The topological polar surface area (TPSA) is 102 Å². The minimum absolute atomic E-state index is 0.0479. The van der Waals surface area contributed by atoms with Crippen molar-refractivity contribution in [3.63, 3.8) is 0 Å². The summed E-state index contributed by atoms with van der Waals surface area (Å²) in [5.41, 5.74) is 2.68. The number of benzene rings is 1. The molecule has 2 aromatic rings. The van der Waals surface area contributed by atoms with E-state index in [-0.39, 0.29) is 11.9 Å². The van der Waals surface area contributed by atoms with Gasteiger partial charge in [0.05, 0.1) is 11.3 Å². The Kier molecular flexibility index (Phi) is 4.81. The molecular formula is C18H21N5O2. The molecule has 1 aliphatic rings. The van der Waals surface area contributed by atoms with Crippen LogP contribution in [0.1, 0.15) is 25.8 Å². The number of carbonyl (C=O) groups is 1. The number of nitrogens with one attached hydrogen (secondary N) is 1. The fourth-order valence-electron chi connectivity index (χ4n) is 3.36. The predicted octanol–water partition coefficient (Wildman–Crippen LogP) is 1.21. The molecule has 1 fully saturated rings. The molecule has 0 saturated carbocycles. The Labute approximate surface area is 146 Å². The molecule has 1 amide bonds. The van der Waals surface area contributed by atoms with E-state index in [1.54, 1.807) is 18.5 Å². The van der Waals surface area contributed by atoms with Crippen molar-refractivity contribution in [1.82, 2.24) is 15.3 Å². The number of nitriles is 1. The number of nitrogens with zero attached hydrogens (tertiary/aromatic N) is 4. The third-order valence-electron chi connectivity index (χ3n) is 4.45. The maximum atomic E-state index is 11.8. The van der Waals surface area contributed by atoms with E-state index in [1.165, 1.54) is 6.92 Å². The van der Waals surface area contributed by atoms with Crippen molar-refractivity contribution in [3.05, 3.63) is 30.1 Å². The molecule has 1 aromatic carbocycles. The van der Waals surface area contributed by atoms with Crippen molar-refractivity contribution in [2.75, 3.05) is 18.0 Å². The number of aliphatic hydroxyl groups excluding tert-OH is 1. The Bertz CT molecular complexity index is 830. The molecule has 0 bridgehead atoms. The fourth-order valence-corrected chi connectivity index (χ4v) is 3.36. The molecule has 0 spiro atoms. The number of aromatic nitrogens is 2. The van der Waals surface area contributed by atoms with Crippen LogP contribution in [0.5, 0.6) is 0 Å². The molecule has 0 radical (unpaired) electrons. The Hall–Kier alpha value is -2.72. The van der Waals surface area contributed by atoms with E-state index in [4.69, 9.17) is 0 Å². The summed E-state index contributed by atoms with van der Waals surface area (Å²) in [6.45, 7) is 5.05. The lowest BCUT2D eigenvalue weighted by Crippen LogP contribution is -2.52. The van der Waals surface area contributed by atoms with E-state index in [0.29, 0.717) is 29.1 Å². The summed E-state index contributed by atoms with van der Waals surface area (Å²) in [6, 6.07) is 5.75. The summed E-state index contributed by atoms with van der Waals surface area (Å²) in [5.74, 6) is 0.0129. The summed E-state index contributed by atoms with van der Waals surface area (Å²) in [7, 11) is 0. The minimum Gasteiger partial charge on any atom is -0.384 e. The number of anilines is 1. The molecule has 1 saturated heterocycles. The van der Waals surface area contributed by atoms with Crippen molar-refractivity contribution in [2.24, 2.45) is 5.92 Å². The number of hydrogen-bond donors (Lipinski definition) is 2. The van der Waals surface area contributed by atoms with E-state index in [9.17, 15) is 15.2 Å². The fraction of sp³-hybridized carbons (Fsp3) is 0.444. The van der Waals surface area contributed by atoms with Crippen LogP contribution in [0.15, 0.2) is 24.5 Å². The zero-order valence-corrected chi connectivity index (χ0v) is 14.3. The average Bonchev–Trinajstić information content (AvgIpc) is 2.60. The second-order valence-electron chi connectivity index (χ2n) is 6.62. The second-order valence-corrected chi connectivity index (χ2v) is 6.62. The standard InChI is InChI=1S/C18H21N5O2/c1-11-7-14(22-18(25)12(2)24)10-23(9-11)15-4-3-13(8-19)16-17(15)21-6-5-20-16/h3-6,11-12,14,24H,7,9-10H2,1-2H3,(H,22,25)/t11-,12?,14?/m0/s1. The van der Waals surface area contributed by atoms with Crippen molar-refractivity contribution < 1.29 is 9.90 Å². The van der Waals surface area contributed by atoms with Gasteiger partial charge in [-0.3, -0.25) is 14.8 Å². The third kappa shape index (κ3) is 3.54. The summed E-state index contributed by atoms with van der Waals surface area (Å²) >= 11 is 0. The summed E-state index contributed by atoms with van der Waals surface area (Å²) in [4.78, 5) is 22.7. The van der Waals surface area contributed by atoms with Crippen LogP contribution >= 0.6 is 0 Å². The Morgan fingerprint density at radius 2 is 2.08 bits per heavy atom. The molecule has 7 heteroatoms. The normalized spacial score (nSPS) is 21.6. The van der Waals surface area contributed by atoms with Gasteiger partial charge in [-0.2, -0.15) is 5.26 Å². The number of amides is 1. The molecule has 25 heavy (non-hydrogen) atoms. The molecule has 3 rings (SSSR count). The highest BCUT2D eigenvalue weighted by Crippen LogP contribution is 2.30. The van der Waals surface area contributed by atoms with Gasteiger partial charge in [0.2, 0.25) is 5.91 Å². The van der Waals surface area contributed by atoms with Gasteiger partial charge in [-0.25, -0.2) is 0 Å². The van der Waals surface area contributed by atoms with Gasteiger partial charge in [-0.1, -0.05) is 6.92 Å². The van der Waals surface area contributed by atoms with Gasteiger partial charge in [0.15, 0.2) is 0 Å². The van der Waals surface area contributed by atoms with Gasteiger partial charge in [0, 0.05) is 31.5 Å². The van der Waals surface area contributed by atoms with Gasteiger partial charge in [-0.05, 0) is 31.4 Å². The molecular weight excluding hydrogens is 318 g/mol. The minimum atomic E-state index is -1.02. The van der Waals surface area contributed by atoms with Crippen LogP contribution in [-0.2, 0) is 4.79 Å². The van der Waals surface area contributed by atoms with E-state index < -0.39 is 6.10 Å². The monoisotopic (exact) mass is 339 g/mol. The number of fused-ring (bicyclic) bond motifs is 1. The first-order valence-electron chi connectivity index (χ1n) is 8.36. The van der Waals surface area contributed by atoms with Crippen molar-refractivity contribution in [2.45, 2.75) is 32.4 Å². The Balaban J connectivity index is 1.92. The van der Waals surface area contributed by atoms with Crippen molar-refractivity contribution in [3.8, 4) is 6.07 Å². The smallest absolute Gasteiger partial charge is 0.248 e. The third-order valence-corrected chi connectivity index (χ3v) is 4.45. The highest BCUT2D eigenvalue weighted by atomic mass is 16.3. The summed E-state index contributed by atoms with van der Waals surface area (Å²) in [5, 5.41) is 21.6. The first-order valence-corrected chi connectivity index (χ1v) is 8.36. The molecule has 7 nitrogen and oxygen atoms in total. The largest absolute Gasteiger partial charge is 0.384 e. The maximum Gasteiger partial charge on any atom is 0.248 e. The van der Waals surface area contributed by atoms with Crippen LogP contribution in [0.2, 0.25) is 0 Å². The highest BCUT2D eigenvalue weighted by molar-refractivity contribution is 5.92. The van der Waals surface area contributed by atoms with Crippen LogP contribution in [-0.4, -0.2) is 46.2 Å². The first kappa shape index (κ1) is 17.1. The number of hydrogen-bond acceptors (Lipinski definition) is 6. The van der Waals surface area contributed by atoms with Crippen LogP contribution < -0.4 is 10.2 Å².